The molecule has 0 bridgehead atoms. The van der Waals surface area contributed by atoms with Crippen molar-refractivity contribution in [3.63, 3.8) is 0 Å². The molecule has 22 heavy (non-hydrogen) atoms. The Morgan fingerprint density at radius 1 is 1.27 bits per heavy atom. The Balaban J connectivity index is 1.74. The molecule has 0 saturated heterocycles. The van der Waals surface area contributed by atoms with Gasteiger partial charge in [-0.2, -0.15) is 0 Å². The fourth-order valence-corrected chi connectivity index (χ4v) is 2.88. The Hall–Kier alpha value is -1.94. The zero-order valence-electron chi connectivity index (χ0n) is 13.5. The Bertz CT molecular complexity index is 655. The average Bonchev–Trinajstić information content (AvgIpc) is 2.54. The van der Waals surface area contributed by atoms with Crippen molar-refractivity contribution in [2.45, 2.75) is 39.3 Å². The van der Waals surface area contributed by atoms with E-state index in [1.807, 2.05) is 18.3 Å². The fourth-order valence-electron chi connectivity index (χ4n) is 2.88. The van der Waals surface area contributed by atoms with Crippen molar-refractivity contribution >= 4 is 0 Å². The van der Waals surface area contributed by atoms with E-state index in [-0.39, 0.29) is 0 Å². The van der Waals surface area contributed by atoms with E-state index >= 15 is 0 Å². The predicted octanol–water partition coefficient (Wildman–Crippen LogP) is 3.17. The predicted molar refractivity (Wildman–Crippen MR) is 86.9 cm³/mol. The fraction of sp³-hybridized carbons (Fsp3) is 0.444. The van der Waals surface area contributed by atoms with Gasteiger partial charge in [0.05, 0.1) is 7.11 Å². The largest absolute Gasteiger partial charge is 0.496 e. The van der Waals surface area contributed by atoms with E-state index < -0.39 is 0 Å². The molecule has 3 rings (SSSR count). The highest BCUT2D eigenvalue weighted by atomic mass is 16.5. The van der Waals surface area contributed by atoms with Gasteiger partial charge in [-0.15, -0.1) is 0 Å². The van der Waals surface area contributed by atoms with Gasteiger partial charge in [0.15, 0.2) is 0 Å². The molecule has 4 nitrogen and oxygen atoms in total. The quantitative estimate of drug-likeness (QED) is 0.869. The average molecular weight is 297 g/mol. The van der Waals surface area contributed by atoms with E-state index in [1.54, 1.807) is 7.11 Å². The highest BCUT2D eigenvalue weighted by Gasteiger charge is 2.20. The van der Waals surface area contributed by atoms with Crippen LogP contribution in [0.5, 0.6) is 5.75 Å². The maximum Gasteiger partial charge on any atom is 0.131 e. The molecule has 0 amide bonds. The van der Waals surface area contributed by atoms with Crippen LogP contribution in [-0.2, 0) is 19.5 Å². The molecule has 2 heterocycles. The summed E-state index contributed by atoms with van der Waals surface area (Å²) in [7, 11) is 1.73. The molecule has 0 N–H and O–H groups in total. The van der Waals surface area contributed by atoms with E-state index in [1.165, 1.54) is 16.8 Å². The Kier molecular flexibility index (Phi) is 4.39. The first-order valence-corrected chi connectivity index (χ1v) is 7.86. The Labute approximate surface area is 132 Å². The number of hydrogen-bond donors (Lipinski definition) is 0. The minimum Gasteiger partial charge on any atom is -0.496 e. The number of hydrogen-bond acceptors (Lipinski definition) is 4. The minimum atomic E-state index is 0.386. The molecule has 1 aliphatic rings. The van der Waals surface area contributed by atoms with E-state index in [9.17, 15) is 0 Å². The zero-order chi connectivity index (χ0) is 15.5. The first-order valence-electron chi connectivity index (χ1n) is 7.86. The first kappa shape index (κ1) is 15.0. The SMILES string of the molecule is COc1ccccc1CN1CCc2nc(C(C)C)ncc2C1. The molecule has 0 aliphatic carbocycles. The molecule has 4 heteroatoms. The van der Waals surface area contributed by atoms with Gasteiger partial charge in [-0.1, -0.05) is 32.0 Å². The molecule has 0 spiro atoms. The summed E-state index contributed by atoms with van der Waals surface area (Å²) in [5.74, 6) is 2.30. The van der Waals surface area contributed by atoms with Crippen LogP contribution >= 0.6 is 0 Å². The number of para-hydroxylation sites is 1. The number of nitrogens with zero attached hydrogens (tertiary/aromatic N) is 3. The third kappa shape index (κ3) is 3.12. The smallest absolute Gasteiger partial charge is 0.131 e. The molecule has 0 atom stereocenters. The van der Waals surface area contributed by atoms with Crippen molar-refractivity contribution in [1.29, 1.82) is 0 Å². The molecular formula is C18H23N3O. The molecule has 0 radical (unpaired) electrons. The summed E-state index contributed by atoms with van der Waals surface area (Å²) in [5, 5.41) is 0. The first-order chi connectivity index (χ1) is 10.7. The van der Waals surface area contributed by atoms with Crippen LogP contribution in [0, 0.1) is 0 Å². The maximum atomic E-state index is 5.45. The lowest BCUT2D eigenvalue weighted by atomic mass is 10.1. The third-order valence-corrected chi connectivity index (χ3v) is 4.13. The molecule has 0 unspecified atom stereocenters. The summed E-state index contributed by atoms with van der Waals surface area (Å²) in [6.45, 7) is 7.11. The molecule has 116 valence electrons. The van der Waals surface area contributed by atoms with Gasteiger partial charge in [0.25, 0.3) is 0 Å². The van der Waals surface area contributed by atoms with Crippen LogP contribution in [0.25, 0.3) is 0 Å². The highest BCUT2D eigenvalue weighted by molar-refractivity contribution is 5.33. The third-order valence-electron chi connectivity index (χ3n) is 4.13. The van der Waals surface area contributed by atoms with Crippen LogP contribution in [-0.4, -0.2) is 28.5 Å². The van der Waals surface area contributed by atoms with Gasteiger partial charge in [0, 0.05) is 55.0 Å². The van der Waals surface area contributed by atoms with E-state index in [0.29, 0.717) is 5.92 Å². The molecule has 1 aliphatic heterocycles. The van der Waals surface area contributed by atoms with Crippen LogP contribution < -0.4 is 4.74 Å². The lowest BCUT2D eigenvalue weighted by molar-refractivity contribution is 0.239. The molecular weight excluding hydrogens is 274 g/mol. The topological polar surface area (TPSA) is 38.2 Å². The van der Waals surface area contributed by atoms with Gasteiger partial charge < -0.3 is 4.74 Å². The highest BCUT2D eigenvalue weighted by Crippen LogP contribution is 2.24. The Morgan fingerprint density at radius 2 is 2.09 bits per heavy atom. The van der Waals surface area contributed by atoms with Gasteiger partial charge in [0.1, 0.15) is 11.6 Å². The number of ether oxygens (including phenoxy) is 1. The summed E-state index contributed by atoms with van der Waals surface area (Å²) in [5.41, 5.74) is 3.70. The van der Waals surface area contributed by atoms with Crippen LogP contribution in [0.1, 0.15) is 42.4 Å². The lowest BCUT2D eigenvalue weighted by Crippen LogP contribution is -2.31. The van der Waals surface area contributed by atoms with Crippen molar-refractivity contribution in [1.82, 2.24) is 14.9 Å². The Morgan fingerprint density at radius 3 is 2.86 bits per heavy atom. The number of methoxy groups -OCH3 is 1. The van der Waals surface area contributed by atoms with Crippen molar-refractivity contribution in [2.75, 3.05) is 13.7 Å². The normalized spacial score (nSPS) is 14.9. The number of aromatic nitrogens is 2. The number of benzene rings is 1. The van der Waals surface area contributed by atoms with Crippen molar-refractivity contribution < 1.29 is 4.74 Å². The number of fused-ring (bicyclic) bond motifs is 1. The van der Waals surface area contributed by atoms with Crippen molar-refractivity contribution in [2.24, 2.45) is 0 Å². The van der Waals surface area contributed by atoms with Gasteiger partial charge in [-0.25, -0.2) is 9.97 Å². The number of rotatable bonds is 4. The van der Waals surface area contributed by atoms with E-state index in [0.717, 1.165) is 37.6 Å². The summed E-state index contributed by atoms with van der Waals surface area (Å²) in [6, 6.07) is 8.22. The van der Waals surface area contributed by atoms with Crippen LogP contribution in [0.2, 0.25) is 0 Å². The second-order valence-corrected chi connectivity index (χ2v) is 6.13. The minimum absolute atomic E-state index is 0.386. The van der Waals surface area contributed by atoms with E-state index in [2.05, 4.69) is 35.9 Å². The summed E-state index contributed by atoms with van der Waals surface area (Å²) < 4.78 is 5.45. The summed E-state index contributed by atoms with van der Waals surface area (Å²) in [4.78, 5) is 11.7. The maximum absolute atomic E-state index is 5.45. The van der Waals surface area contributed by atoms with Crippen LogP contribution in [0.15, 0.2) is 30.5 Å². The van der Waals surface area contributed by atoms with Gasteiger partial charge >= 0.3 is 0 Å². The van der Waals surface area contributed by atoms with Gasteiger partial charge in [-0.05, 0) is 6.07 Å². The molecule has 1 aromatic carbocycles. The zero-order valence-corrected chi connectivity index (χ0v) is 13.5. The molecule has 1 aromatic heterocycles. The van der Waals surface area contributed by atoms with Crippen LogP contribution in [0.3, 0.4) is 0 Å². The second kappa shape index (κ2) is 6.44. The van der Waals surface area contributed by atoms with Gasteiger partial charge in [-0.3, -0.25) is 4.90 Å². The van der Waals surface area contributed by atoms with E-state index in [4.69, 9.17) is 9.72 Å². The molecule has 0 fully saturated rings. The second-order valence-electron chi connectivity index (χ2n) is 6.13. The monoisotopic (exact) mass is 297 g/mol. The standard InChI is InChI=1S/C18H23N3O/c1-13(2)18-19-10-15-12-21(9-8-16(15)20-18)11-14-6-4-5-7-17(14)22-3/h4-7,10,13H,8-9,11-12H2,1-3H3. The molecule has 2 aromatic rings. The van der Waals surface area contributed by atoms with Crippen molar-refractivity contribution in [3.05, 3.63) is 53.1 Å². The van der Waals surface area contributed by atoms with Gasteiger partial charge in [0.2, 0.25) is 0 Å². The lowest BCUT2D eigenvalue weighted by Gasteiger charge is -2.28. The summed E-state index contributed by atoms with van der Waals surface area (Å²) >= 11 is 0. The molecule has 0 saturated carbocycles. The van der Waals surface area contributed by atoms with Crippen molar-refractivity contribution in [3.8, 4) is 5.75 Å². The summed E-state index contributed by atoms with van der Waals surface area (Å²) in [6.07, 6.45) is 3.00. The van der Waals surface area contributed by atoms with Crippen LogP contribution in [0.4, 0.5) is 0 Å².